The first-order valence-corrected chi connectivity index (χ1v) is 12.0. The Kier molecular flexibility index (Phi) is 7.06. The molecule has 0 saturated heterocycles. The maximum atomic E-state index is 13.4. The van der Waals surface area contributed by atoms with Gasteiger partial charge in [0, 0.05) is 11.3 Å². The maximum Gasteiger partial charge on any atom is 0.262 e. The highest BCUT2D eigenvalue weighted by atomic mass is 16.5. The van der Waals surface area contributed by atoms with Crippen molar-refractivity contribution in [2.45, 2.75) is 47.5 Å². The summed E-state index contributed by atoms with van der Waals surface area (Å²) in [5, 5.41) is 3.51. The van der Waals surface area contributed by atoms with Gasteiger partial charge >= 0.3 is 0 Å². The molecule has 0 unspecified atom stereocenters. The van der Waals surface area contributed by atoms with E-state index in [0.717, 1.165) is 40.8 Å². The highest BCUT2D eigenvalue weighted by molar-refractivity contribution is 5.94. The normalized spacial score (nSPS) is 11.0. The Hall–Kier alpha value is -3.86. The molecule has 1 heterocycles. The molecule has 0 radical (unpaired) electrons. The topological polar surface area (TPSA) is 68.5 Å². The molecule has 1 amide bonds. The second kappa shape index (κ2) is 10.2. The molecule has 0 spiro atoms. The summed E-state index contributed by atoms with van der Waals surface area (Å²) in [5.41, 5.74) is 6.62. The number of amides is 1. The van der Waals surface area contributed by atoms with Gasteiger partial charge in [0.05, 0.1) is 10.9 Å². The summed E-state index contributed by atoms with van der Waals surface area (Å²) in [7, 11) is 0. The van der Waals surface area contributed by atoms with E-state index in [-0.39, 0.29) is 17.9 Å². The van der Waals surface area contributed by atoms with E-state index in [1.807, 2.05) is 56.3 Å². The SMILES string of the molecule is CCc1cccc(CC)c1NC(=O)COc1ccc2c(=O)c(-c3ccccc3C)c(C)oc2c1C. The lowest BCUT2D eigenvalue weighted by Crippen LogP contribution is -2.22. The monoisotopic (exact) mass is 469 g/mol. The molecule has 3 aromatic carbocycles. The van der Waals surface area contributed by atoms with Crippen LogP contribution < -0.4 is 15.5 Å². The average molecular weight is 470 g/mol. The van der Waals surface area contributed by atoms with Crippen LogP contribution in [0.5, 0.6) is 5.75 Å². The molecule has 4 rings (SSSR count). The molecule has 0 fully saturated rings. The fourth-order valence-electron chi connectivity index (χ4n) is 4.53. The van der Waals surface area contributed by atoms with Gasteiger partial charge in [0.1, 0.15) is 17.1 Å². The molecule has 5 heteroatoms. The number of para-hydroxylation sites is 1. The molecular weight excluding hydrogens is 438 g/mol. The average Bonchev–Trinajstić information content (AvgIpc) is 2.85. The predicted molar refractivity (Wildman–Crippen MR) is 141 cm³/mol. The van der Waals surface area contributed by atoms with E-state index in [9.17, 15) is 9.59 Å². The molecular formula is C30H31NO4. The lowest BCUT2D eigenvalue weighted by atomic mass is 9.98. The van der Waals surface area contributed by atoms with Crippen molar-refractivity contribution in [2.75, 3.05) is 11.9 Å². The highest BCUT2D eigenvalue weighted by Crippen LogP contribution is 2.31. The molecule has 1 N–H and O–H groups in total. The van der Waals surface area contributed by atoms with Crippen LogP contribution >= 0.6 is 0 Å². The highest BCUT2D eigenvalue weighted by Gasteiger charge is 2.18. The number of benzene rings is 3. The fourth-order valence-corrected chi connectivity index (χ4v) is 4.53. The van der Waals surface area contributed by atoms with Crippen LogP contribution in [-0.2, 0) is 17.6 Å². The van der Waals surface area contributed by atoms with E-state index in [1.165, 1.54) is 0 Å². The van der Waals surface area contributed by atoms with Gasteiger partial charge in [-0.2, -0.15) is 0 Å². The molecule has 0 aliphatic heterocycles. The smallest absolute Gasteiger partial charge is 0.262 e. The van der Waals surface area contributed by atoms with E-state index in [2.05, 4.69) is 19.2 Å². The lowest BCUT2D eigenvalue weighted by Gasteiger charge is -2.16. The van der Waals surface area contributed by atoms with Crippen LogP contribution in [0.25, 0.3) is 22.1 Å². The first-order valence-electron chi connectivity index (χ1n) is 12.0. The van der Waals surface area contributed by atoms with Gasteiger partial charge in [-0.05, 0) is 68.0 Å². The van der Waals surface area contributed by atoms with Crippen LogP contribution in [0.15, 0.2) is 63.8 Å². The van der Waals surface area contributed by atoms with Crippen LogP contribution in [0.3, 0.4) is 0 Å². The Morgan fingerprint density at radius 2 is 1.60 bits per heavy atom. The minimum absolute atomic E-state index is 0.0753. The van der Waals surface area contributed by atoms with E-state index in [4.69, 9.17) is 9.15 Å². The molecule has 0 aliphatic carbocycles. The van der Waals surface area contributed by atoms with Crippen LogP contribution in [0, 0.1) is 20.8 Å². The Balaban J connectivity index is 1.61. The summed E-state index contributed by atoms with van der Waals surface area (Å²) in [6, 6.07) is 17.3. The second-order valence-corrected chi connectivity index (χ2v) is 8.74. The number of rotatable bonds is 7. The third-order valence-electron chi connectivity index (χ3n) is 6.47. The molecule has 0 bridgehead atoms. The van der Waals surface area contributed by atoms with Crippen LogP contribution in [0.2, 0.25) is 0 Å². The first-order chi connectivity index (χ1) is 16.8. The minimum atomic E-state index is -0.229. The molecule has 4 aromatic rings. The number of carbonyl (C=O) groups excluding carboxylic acids is 1. The van der Waals surface area contributed by atoms with Crippen molar-refractivity contribution in [2.24, 2.45) is 0 Å². The van der Waals surface area contributed by atoms with Gasteiger partial charge < -0.3 is 14.5 Å². The zero-order chi connectivity index (χ0) is 25.1. The number of nitrogens with one attached hydrogen (secondary N) is 1. The van der Waals surface area contributed by atoms with E-state index >= 15 is 0 Å². The maximum absolute atomic E-state index is 13.4. The Labute approximate surface area is 205 Å². The van der Waals surface area contributed by atoms with Gasteiger partial charge in [-0.3, -0.25) is 9.59 Å². The minimum Gasteiger partial charge on any atom is -0.483 e. The summed E-state index contributed by atoms with van der Waals surface area (Å²) in [6.07, 6.45) is 1.66. The molecule has 0 aliphatic rings. The van der Waals surface area contributed by atoms with Crippen LogP contribution in [-0.4, -0.2) is 12.5 Å². The number of ether oxygens (including phenoxy) is 1. The van der Waals surface area contributed by atoms with Crippen molar-refractivity contribution in [3.05, 3.63) is 92.8 Å². The van der Waals surface area contributed by atoms with Crippen LogP contribution in [0.4, 0.5) is 5.69 Å². The number of hydrogen-bond donors (Lipinski definition) is 1. The fraction of sp³-hybridized carbons (Fsp3) is 0.267. The van der Waals surface area contributed by atoms with E-state index in [0.29, 0.717) is 33.6 Å². The van der Waals surface area contributed by atoms with Crippen LogP contribution in [0.1, 0.15) is 41.9 Å². The Morgan fingerprint density at radius 1 is 0.914 bits per heavy atom. The standard InChI is InChI=1S/C30H31NO4/c1-6-21-12-10-13-22(7-2)28(21)31-26(32)17-34-25-16-15-24-29(33)27(20(5)35-30(24)19(25)4)23-14-9-8-11-18(23)3/h8-16H,6-7,17H2,1-5H3,(H,31,32). The van der Waals surface area contributed by atoms with Gasteiger partial charge in [-0.25, -0.2) is 0 Å². The number of carbonyl (C=O) groups is 1. The zero-order valence-electron chi connectivity index (χ0n) is 21.0. The molecule has 1 aromatic heterocycles. The van der Waals surface area contributed by atoms with Gasteiger partial charge in [-0.15, -0.1) is 0 Å². The number of fused-ring (bicyclic) bond motifs is 1. The summed E-state index contributed by atoms with van der Waals surface area (Å²) in [6.45, 7) is 9.62. The number of aryl methyl sites for hydroxylation is 5. The summed E-state index contributed by atoms with van der Waals surface area (Å²) in [5.74, 6) is 0.837. The Bertz CT molecular complexity index is 1440. The summed E-state index contributed by atoms with van der Waals surface area (Å²) >= 11 is 0. The number of anilines is 1. The van der Waals surface area contributed by atoms with Crippen molar-refractivity contribution in [1.82, 2.24) is 0 Å². The predicted octanol–water partition coefficient (Wildman–Crippen LogP) is 6.53. The largest absolute Gasteiger partial charge is 0.483 e. The first kappa shape index (κ1) is 24.3. The molecule has 180 valence electrons. The molecule has 0 saturated carbocycles. The summed E-state index contributed by atoms with van der Waals surface area (Å²) in [4.78, 5) is 26.1. The van der Waals surface area contributed by atoms with Gasteiger partial charge in [-0.1, -0.05) is 56.3 Å². The van der Waals surface area contributed by atoms with Crippen molar-refractivity contribution < 1.29 is 13.9 Å². The van der Waals surface area contributed by atoms with Crippen molar-refractivity contribution in [1.29, 1.82) is 0 Å². The van der Waals surface area contributed by atoms with Gasteiger partial charge in [0.15, 0.2) is 6.61 Å². The van der Waals surface area contributed by atoms with Crippen molar-refractivity contribution in [3.8, 4) is 16.9 Å². The van der Waals surface area contributed by atoms with Crippen molar-refractivity contribution in [3.63, 3.8) is 0 Å². The van der Waals surface area contributed by atoms with Gasteiger partial charge in [0.2, 0.25) is 5.43 Å². The quantitative estimate of drug-likeness (QED) is 0.334. The third-order valence-corrected chi connectivity index (χ3v) is 6.47. The number of hydrogen-bond acceptors (Lipinski definition) is 4. The summed E-state index contributed by atoms with van der Waals surface area (Å²) < 4.78 is 12.0. The molecule has 0 atom stereocenters. The molecule has 35 heavy (non-hydrogen) atoms. The Morgan fingerprint density at radius 3 is 2.26 bits per heavy atom. The third kappa shape index (κ3) is 4.72. The molecule has 5 nitrogen and oxygen atoms in total. The lowest BCUT2D eigenvalue weighted by molar-refractivity contribution is -0.118. The van der Waals surface area contributed by atoms with Crippen molar-refractivity contribution >= 4 is 22.6 Å². The van der Waals surface area contributed by atoms with Gasteiger partial charge in [0.25, 0.3) is 5.91 Å². The second-order valence-electron chi connectivity index (χ2n) is 8.74. The zero-order valence-corrected chi connectivity index (χ0v) is 21.0. The van der Waals surface area contributed by atoms with E-state index in [1.54, 1.807) is 19.1 Å². The van der Waals surface area contributed by atoms with E-state index < -0.39 is 0 Å².